The minimum Gasteiger partial charge on any atom is -0.358 e. The van der Waals surface area contributed by atoms with Crippen molar-refractivity contribution in [1.82, 2.24) is 19.8 Å². The minimum absolute atomic E-state index is 0.149. The van der Waals surface area contributed by atoms with Crippen molar-refractivity contribution in [3.05, 3.63) is 34.7 Å². The maximum atomic E-state index is 13.5. The number of piperidine rings is 1. The zero-order valence-electron chi connectivity index (χ0n) is 22.8. The number of benzene rings is 1. The Bertz CT molecular complexity index is 1190. The highest BCUT2D eigenvalue weighted by Crippen LogP contribution is 2.31. The summed E-state index contributed by atoms with van der Waals surface area (Å²) in [6, 6.07) is 9.52. The number of hydrogen-bond acceptors (Lipinski definition) is 6. The van der Waals surface area contributed by atoms with E-state index in [4.69, 9.17) is 0 Å². The van der Waals surface area contributed by atoms with Crippen LogP contribution < -0.4 is 16.3 Å². The summed E-state index contributed by atoms with van der Waals surface area (Å²) in [5.74, 6) is 0.830. The largest absolute Gasteiger partial charge is 0.358 e. The molecular weight excluding hydrogens is 464 g/mol. The van der Waals surface area contributed by atoms with Crippen LogP contribution in [0.3, 0.4) is 0 Å². The van der Waals surface area contributed by atoms with Gasteiger partial charge < -0.3 is 15.5 Å². The first-order chi connectivity index (χ1) is 17.6. The molecule has 8 nitrogen and oxygen atoms in total. The fraction of sp³-hybridized carbons (Fsp3) is 0.655. The van der Waals surface area contributed by atoms with Crippen LogP contribution in [-0.2, 0) is 11.3 Å². The summed E-state index contributed by atoms with van der Waals surface area (Å²) in [6.07, 6.45) is 7.03. The number of nitrogens with zero attached hydrogens (tertiary/aromatic N) is 4. The molecule has 1 aliphatic heterocycles. The smallest absolute Gasteiger partial charge is 0.350 e. The molecule has 0 radical (unpaired) electrons. The molecule has 37 heavy (non-hydrogen) atoms. The number of aryl methyl sites for hydroxylation is 1. The summed E-state index contributed by atoms with van der Waals surface area (Å²) in [6.45, 7) is 9.08. The van der Waals surface area contributed by atoms with Crippen molar-refractivity contribution in [2.24, 2.45) is 11.3 Å². The Balaban J connectivity index is 1.59. The second kappa shape index (κ2) is 11.2. The summed E-state index contributed by atoms with van der Waals surface area (Å²) in [5.41, 5.74) is -0.420. The number of carbonyl (C=O) groups excluding carboxylic acids is 1. The molecule has 200 valence electrons. The van der Waals surface area contributed by atoms with Crippen LogP contribution in [0.5, 0.6) is 0 Å². The lowest BCUT2D eigenvalue weighted by Gasteiger charge is -2.30. The van der Waals surface area contributed by atoms with E-state index in [-0.39, 0.29) is 17.0 Å². The summed E-state index contributed by atoms with van der Waals surface area (Å²) in [5, 5.41) is 17.0. The van der Waals surface area contributed by atoms with E-state index in [0.717, 1.165) is 56.1 Å². The molecule has 1 amide bonds. The Kier molecular flexibility index (Phi) is 8.23. The molecule has 2 aliphatic rings. The van der Waals surface area contributed by atoms with Crippen molar-refractivity contribution in [2.45, 2.75) is 90.3 Å². The number of rotatable bonds is 8. The van der Waals surface area contributed by atoms with Gasteiger partial charge in [0.15, 0.2) is 0 Å². The maximum Gasteiger partial charge on any atom is 0.350 e. The van der Waals surface area contributed by atoms with E-state index in [0.29, 0.717) is 37.5 Å². The summed E-state index contributed by atoms with van der Waals surface area (Å²) < 4.78 is 1.78. The average molecular weight is 507 g/mol. The monoisotopic (exact) mass is 506 g/mol. The minimum atomic E-state index is -0.804. The number of likely N-dealkylation sites (tertiary alicyclic amines) is 1. The Morgan fingerprint density at radius 1 is 1.22 bits per heavy atom. The van der Waals surface area contributed by atoms with E-state index in [9.17, 15) is 14.9 Å². The Hall–Kier alpha value is -2.92. The lowest BCUT2D eigenvalue weighted by Crippen LogP contribution is -2.52. The molecule has 1 atom stereocenters. The van der Waals surface area contributed by atoms with Gasteiger partial charge in [-0.15, -0.1) is 0 Å². The Morgan fingerprint density at radius 3 is 2.54 bits per heavy atom. The van der Waals surface area contributed by atoms with E-state index in [1.54, 1.807) is 4.57 Å². The van der Waals surface area contributed by atoms with Crippen molar-refractivity contribution >= 4 is 22.6 Å². The molecule has 2 aromatic rings. The van der Waals surface area contributed by atoms with Gasteiger partial charge in [0, 0.05) is 11.9 Å². The molecule has 1 saturated heterocycles. The van der Waals surface area contributed by atoms with Gasteiger partial charge in [0.25, 0.3) is 0 Å². The number of amides is 1. The third-order valence-electron chi connectivity index (χ3n) is 7.96. The zero-order chi connectivity index (χ0) is 26.6. The van der Waals surface area contributed by atoms with Gasteiger partial charge in [-0.1, -0.05) is 32.9 Å². The standard InChI is InChI=1S/C29H42N6O2/c1-28(2,3)19-23(26(36)33-29(20-30)14-7-8-15-29)31-25-22-9-5-6-10-24(22)35(27(37)32-25)18-13-21-11-16-34(4)17-12-21/h5-6,9-10,21,23H,7-8,11-19H2,1-4H3,(H,33,36)(H,31,32,37). The predicted molar refractivity (Wildman–Crippen MR) is 147 cm³/mol. The summed E-state index contributed by atoms with van der Waals surface area (Å²) >= 11 is 0. The second-order valence-electron chi connectivity index (χ2n) is 12.3. The molecule has 1 saturated carbocycles. The highest BCUT2D eigenvalue weighted by atomic mass is 16.2. The molecule has 2 fully saturated rings. The molecule has 1 unspecified atom stereocenters. The number of nitriles is 1. The van der Waals surface area contributed by atoms with Crippen LogP contribution >= 0.6 is 0 Å². The topological polar surface area (TPSA) is 103 Å². The van der Waals surface area contributed by atoms with Crippen LogP contribution in [0.4, 0.5) is 5.82 Å². The van der Waals surface area contributed by atoms with Gasteiger partial charge in [0.1, 0.15) is 17.4 Å². The molecule has 4 rings (SSSR count). The first kappa shape index (κ1) is 27.1. The Morgan fingerprint density at radius 2 is 1.89 bits per heavy atom. The van der Waals surface area contributed by atoms with Gasteiger partial charge in [-0.3, -0.25) is 9.36 Å². The molecule has 1 aromatic heterocycles. The van der Waals surface area contributed by atoms with Gasteiger partial charge in [-0.25, -0.2) is 4.79 Å². The van der Waals surface area contributed by atoms with Crippen molar-refractivity contribution in [3.63, 3.8) is 0 Å². The van der Waals surface area contributed by atoms with E-state index in [1.165, 1.54) is 0 Å². The zero-order valence-corrected chi connectivity index (χ0v) is 22.8. The van der Waals surface area contributed by atoms with Crippen LogP contribution in [-0.4, -0.2) is 52.1 Å². The highest BCUT2D eigenvalue weighted by molar-refractivity contribution is 5.92. The van der Waals surface area contributed by atoms with E-state index in [2.05, 4.69) is 54.4 Å². The molecule has 0 spiro atoms. The number of fused-ring (bicyclic) bond motifs is 1. The first-order valence-corrected chi connectivity index (χ1v) is 13.8. The average Bonchev–Trinajstić information content (AvgIpc) is 3.32. The van der Waals surface area contributed by atoms with Gasteiger partial charge >= 0.3 is 5.69 Å². The number of anilines is 1. The van der Waals surface area contributed by atoms with Crippen molar-refractivity contribution < 1.29 is 4.79 Å². The SMILES string of the molecule is CN1CCC(CCn2c(=O)nc(NC(CC(C)(C)C)C(=O)NC3(C#N)CCCC3)c3ccccc32)CC1. The number of hydrogen-bond donors (Lipinski definition) is 2. The van der Waals surface area contributed by atoms with Gasteiger partial charge in [0.2, 0.25) is 5.91 Å². The quantitative estimate of drug-likeness (QED) is 0.553. The van der Waals surface area contributed by atoms with Crippen LogP contribution in [0.25, 0.3) is 10.9 Å². The normalized spacial score (nSPS) is 19.4. The van der Waals surface area contributed by atoms with Crippen molar-refractivity contribution in [2.75, 3.05) is 25.5 Å². The maximum absolute atomic E-state index is 13.5. The fourth-order valence-electron chi connectivity index (χ4n) is 5.77. The van der Waals surface area contributed by atoms with Crippen molar-refractivity contribution in [3.8, 4) is 6.07 Å². The third-order valence-corrected chi connectivity index (χ3v) is 7.96. The van der Waals surface area contributed by atoms with Crippen LogP contribution in [0.1, 0.15) is 72.1 Å². The summed E-state index contributed by atoms with van der Waals surface area (Å²) in [7, 11) is 2.16. The van der Waals surface area contributed by atoms with Crippen LogP contribution in [0, 0.1) is 22.7 Å². The highest BCUT2D eigenvalue weighted by Gasteiger charge is 2.38. The third kappa shape index (κ3) is 6.70. The second-order valence-corrected chi connectivity index (χ2v) is 12.3. The molecule has 2 heterocycles. The van der Waals surface area contributed by atoms with Gasteiger partial charge in [-0.2, -0.15) is 10.2 Å². The fourth-order valence-corrected chi connectivity index (χ4v) is 5.77. The number of aromatic nitrogens is 2. The van der Waals surface area contributed by atoms with E-state index in [1.807, 2.05) is 24.3 Å². The molecule has 8 heteroatoms. The number of carbonyl (C=O) groups is 1. The molecule has 1 aliphatic carbocycles. The van der Waals surface area contributed by atoms with E-state index >= 15 is 0 Å². The lowest BCUT2D eigenvalue weighted by molar-refractivity contribution is -0.123. The number of nitrogens with one attached hydrogen (secondary N) is 2. The molecule has 0 bridgehead atoms. The molecule has 1 aromatic carbocycles. The Labute approximate surface area is 220 Å². The molecular formula is C29H42N6O2. The lowest BCUT2D eigenvalue weighted by atomic mass is 9.87. The summed E-state index contributed by atoms with van der Waals surface area (Å²) in [4.78, 5) is 33.5. The van der Waals surface area contributed by atoms with Crippen LogP contribution in [0.15, 0.2) is 29.1 Å². The predicted octanol–water partition coefficient (Wildman–Crippen LogP) is 4.30. The van der Waals surface area contributed by atoms with Crippen LogP contribution in [0.2, 0.25) is 0 Å². The molecule has 2 N–H and O–H groups in total. The van der Waals surface area contributed by atoms with E-state index < -0.39 is 11.6 Å². The first-order valence-electron chi connectivity index (χ1n) is 13.8. The van der Waals surface area contributed by atoms with Gasteiger partial charge in [0.05, 0.1) is 11.6 Å². The van der Waals surface area contributed by atoms with Crippen molar-refractivity contribution in [1.29, 1.82) is 5.26 Å². The van der Waals surface area contributed by atoms with Gasteiger partial charge in [-0.05, 0) is 95.0 Å². The number of para-hydroxylation sites is 1.